The number of nitrogens with zero attached hydrogens (tertiary/aromatic N) is 1. The zero-order valence-corrected chi connectivity index (χ0v) is 13.8. The monoisotopic (exact) mass is 304 g/mol. The summed E-state index contributed by atoms with van der Waals surface area (Å²) in [5.74, 6) is -0.345. The molecule has 0 aliphatic heterocycles. The van der Waals surface area contributed by atoms with E-state index in [2.05, 4.69) is 37.1 Å². The van der Waals surface area contributed by atoms with E-state index in [4.69, 9.17) is 4.74 Å². The van der Waals surface area contributed by atoms with Gasteiger partial charge in [0.15, 0.2) is 5.13 Å². The summed E-state index contributed by atoms with van der Waals surface area (Å²) in [6.45, 7) is 8.31. The average molecular weight is 304 g/mol. The number of ether oxygens (including phenoxy) is 1. The summed E-state index contributed by atoms with van der Waals surface area (Å²) >= 11 is 1.31. The van der Waals surface area contributed by atoms with E-state index in [1.54, 1.807) is 0 Å². The van der Waals surface area contributed by atoms with Crippen LogP contribution in [0.1, 0.15) is 41.7 Å². The molecule has 0 atom stereocenters. The summed E-state index contributed by atoms with van der Waals surface area (Å²) in [6, 6.07) is 8.14. The maximum atomic E-state index is 11.6. The van der Waals surface area contributed by atoms with Crippen molar-refractivity contribution in [3.05, 3.63) is 40.4 Å². The van der Waals surface area contributed by atoms with Crippen LogP contribution in [0.2, 0.25) is 0 Å². The van der Waals surface area contributed by atoms with E-state index < -0.39 is 0 Å². The summed E-state index contributed by atoms with van der Waals surface area (Å²) in [7, 11) is 1.38. The number of esters is 1. The lowest BCUT2D eigenvalue weighted by molar-refractivity contribution is 0.0605. The van der Waals surface area contributed by atoms with Gasteiger partial charge in [0, 0.05) is 5.69 Å². The van der Waals surface area contributed by atoms with Crippen LogP contribution in [0.3, 0.4) is 0 Å². The number of aromatic nitrogens is 1. The SMILES string of the molecule is COC(=O)c1sc(Nc2ccccc2C(C)(C)C)nc1C. The maximum Gasteiger partial charge on any atom is 0.350 e. The first-order valence-corrected chi connectivity index (χ1v) is 7.57. The third kappa shape index (κ3) is 3.42. The maximum absolute atomic E-state index is 11.6. The lowest BCUT2D eigenvalue weighted by Crippen LogP contribution is -2.13. The number of benzene rings is 1. The number of thiazole rings is 1. The van der Waals surface area contributed by atoms with Gasteiger partial charge in [-0.2, -0.15) is 0 Å². The summed E-state index contributed by atoms with van der Waals surface area (Å²) in [6.07, 6.45) is 0. The van der Waals surface area contributed by atoms with Gasteiger partial charge in [-0.3, -0.25) is 0 Å². The van der Waals surface area contributed by atoms with Crippen LogP contribution in [0.15, 0.2) is 24.3 Å². The number of methoxy groups -OCH3 is 1. The van der Waals surface area contributed by atoms with Gasteiger partial charge in [0.2, 0.25) is 0 Å². The van der Waals surface area contributed by atoms with Crippen molar-refractivity contribution in [2.24, 2.45) is 0 Å². The summed E-state index contributed by atoms with van der Waals surface area (Å²) in [5.41, 5.74) is 2.93. The number of para-hydroxylation sites is 1. The van der Waals surface area contributed by atoms with Crippen molar-refractivity contribution in [3.8, 4) is 0 Å². The van der Waals surface area contributed by atoms with Gasteiger partial charge in [0.05, 0.1) is 12.8 Å². The molecule has 21 heavy (non-hydrogen) atoms. The molecule has 2 rings (SSSR count). The van der Waals surface area contributed by atoms with Gasteiger partial charge in [-0.1, -0.05) is 50.3 Å². The van der Waals surface area contributed by atoms with E-state index in [9.17, 15) is 4.79 Å². The topological polar surface area (TPSA) is 51.2 Å². The molecule has 0 saturated carbocycles. The highest BCUT2D eigenvalue weighted by atomic mass is 32.1. The number of aryl methyl sites for hydroxylation is 1. The predicted octanol–water partition coefficient (Wildman–Crippen LogP) is 4.28. The molecule has 1 N–H and O–H groups in total. The predicted molar refractivity (Wildman–Crippen MR) is 86.6 cm³/mol. The molecule has 112 valence electrons. The standard InChI is InChI=1S/C16H20N2O2S/c1-10-13(14(19)20-5)21-15(17-10)18-12-9-7-6-8-11(12)16(2,3)4/h6-9H,1-5H3,(H,17,18). The summed E-state index contributed by atoms with van der Waals surface area (Å²) in [5, 5.41) is 4.02. The molecule has 0 aliphatic rings. The first kappa shape index (κ1) is 15.5. The van der Waals surface area contributed by atoms with E-state index in [-0.39, 0.29) is 11.4 Å². The molecule has 0 unspecified atom stereocenters. The zero-order chi connectivity index (χ0) is 15.6. The van der Waals surface area contributed by atoms with Crippen LogP contribution in [0.4, 0.5) is 10.8 Å². The lowest BCUT2D eigenvalue weighted by Gasteiger charge is -2.22. The minimum Gasteiger partial charge on any atom is -0.465 e. The fourth-order valence-electron chi connectivity index (χ4n) is 2.09. The van der Waals surface area contributed by atoms with Crippen LogP contribution in [0, 0.1) is 6.92 Å². The van der Waals surface area contributed by atoms with Crippen molar-refractivity contribution in [2.75, 3.05) is 12.4 Å². The molecule has 0 spiro atoms. The smallest absolute Gasteiger partial charge is 0.350 e. The first-order valence-electron chi connectivity index (χ1n) is 6.75. The number of carbonyl (C=O) groups is 1. The molecule has 0 fully saturated rings. The second kappa shape index (κ2) is 5.85. The molecule has 0 saturated heterocycles. The minimum atomic E-state index is -0.345. The Kier molecular flexibility index (Phi) is 4.32. The molecule has 4 nitrogen and oxygen atoms in total. The van der Waals surface area contributed by atoms with Crippen LogP contribution in [-0.4, -0.2) is 18.1 Å². The number of hydrogen-bond donors (Lipinski definition) is 1. The molecular weight excluding hydrogens is 284 g/mol. The van der Waals surface area contributed by atoms with E-state index >= 15 is 0 Å². The molecule has 1 aromatic carbocycles. The Hall–Kier alpha value is -1.88. The van der Waals surface area contributed by atoms with E-state index in [1.165, 1.54) is 24.0 Å². The number of carbonyl (C=O) groups excluding carboxylic acids is 1. The van der Waals surface area contributed by atoms with Crippen molar-refractivity contribution in [2.45, 2.75) is 33.1 Å². The molecule has 0 amide bonds. The van der Waals surface area contributed by atoms with Crippen molar-refractivity contribution in [3.63, 3.8) is 0 Å². The number of hydrogen-bond acceptors (Lipinski definition) is 5. The van der Waals surface area contributed by atoms with Crippen LogP contribution in [0.25, 0.3) is 0 Å². The molecule has 0 radical (unpaired) electrons. The third-order valence-electron chi connectivity index (χ3n) is 3.14. The largest absolute Gasteiger partial charge is 0.465 e. The first-order chi connectivity index (χ1) is 9.82. The number of nitrogens with one attached hydrogen (secondary N) is 1. The van der Waals surface area contributed by atoms with Crippen molar-refractivity contribution in [1.29, 1.82) is 0 Å². The molecular formula is C16H20N2O2S. The number of rotatable bonds is 3. The minimum absolute atomic E-state index is 0.0288. The molecule has 2 aromatic rings. The normalized spacial score (nSPS) is 11.3. The van der Waals surface area contributed by atoms with Crippen LogP contribution < -0.4 is 5.32 Å². The summed E-state index contributed by atoms with van der Waals surface area (Å²) < 4.78 is 4.76. The zero-order valence-electron chi connectivity index (χ0n) is 13.0. The van der Waals surface area contributed by atoms with Gasteiger partial charge in [-0.05, 0) is 24.0 Å². The Morgan fingerprint density at radius 1 is 1.29 bits per heavy atom. The molecule has 1 heterocycles. The van der Waals surface area contributed by atoms with E-state index in [0.717, 1.165) is 5.69 Å². The van der Waals surface area contributed by atoms with Crippen molar-refractivity contribution in [1.82, 2.24) is 4.98 Å². The number of anilines is 2. The molecule has 1 aromatic heterocycles. The second-order valence-corrected chi connectivity index (χ2v) is 6.84. The summed E-state index contributed by atoms with van der Waals surface area (Å²) in [4.78, 5) is 16.6. The Labute approximate surface area is 129 Å². The van der Waals surface area contributed by atoms with Gasteiger partial charge in [0.1, 0.15) is 4.88 Å². The Morgan fingerprint density at radius 2 is 1.95 bits per heavy atom. The Bertz CT molecular complexity index is 657. The molecule has 0 bridgehead atoms. The highest BCUT2D eigenvalue weighted by molar-refractivity contribution is 7.17. The van der Waals surface area contributed by atoms with Crippen LogP contribution in [-0.2, 0) is 10.2 Å². The average Bonchev–Trinajstić information content (AvgIpc) is 2.78. The fraction of sp³-hybridized carbons (Fsp3) is 0.375. The van der Waals surface area contributed by atoms with Gasteiger partial charge in [-0.25, -0.2) is 9.78 Å². The Morgan fingerprint density at radius 3 is 2.57 bits per heavy atom. The highest BCUT2D eigenvalue weighted by Gasteiger charge is 2.20. The molecule has 5 heteroatoms. The highest BCUT2D eigenvalue weighted by Crippen LogP contribution is 2.33. The molecule has 0 aliphatic carbocycles. The second-order valence-electron chi connectivity index (χ2n) is 5.85. The van der Waals surface area contributed by atoms with Crippen molar-refractivity contribution < 1.29 is 9.53 Å². The third-order valence-corrected chi connectivity index (χ3v) is 4.20. The van der Waals surface area contributed by atoms with Crippen LogP contribution in [0.5, 0.6) is 0 Å². The van der Waals surface area contributed by atoms with Gasteiger partial charge in [-0.15, -0.1) is 0 Å². The van der Waals surface area contributed by atoms with E-state index in [0.29, 0.717) is 15.7 Å². The van der Waals surface area contributed by atoms with Crippen molar-refractivity contribution >= 4 is 28.1 Å². The van der Waals surface area contributed by atoms with Crippen LogP contribution >= 0.6 is 11.3 Å². The Balaban J connectivity index is 2.34. The van der Waals surface area contributed by atoms with Gasteiger partial charge >= 0.3 is 5.97 Å². The van der Waals surface area contributed by atoms with Gasteiger partial charge < -0.3 is 10.1 Å². The lowest BCUT2D eigenvalue weighted by atomic mass is 9.86. The quantitative estimate of drug-likeness (QED) is 0.860. The van der Waals surface area contributed by atoms with E-state index in [1.807, 2.05) is 25.1 Å². The fourth-order valence-corrected chi connectivity index (χ4v) is 2.99. The van der Waals surface area contributed by atoms with Gasteiger partial charge in [0.25, 0.3) is 0 Å².